The Balaban J connectivity index is 1.93. The lowest BCUT2D eigenvalue weighted by molar-refractivity contribution is 0.475. The molecule has 0 spiro atoms. The van der Waals surface area contributed by atoms with Gasteiger partial charge in [0.15, 0.2) is 0 Å². The van der Waals surface area contributed by atoms with Crippen LogP contribution in [0.15, 0.2) is 90.0 Å². The van der Waals surface area contributed by atoms with Crippen molar-refractivity contribution in [1.82, 2.24) is 5.20 Å². The first kappa shape index (κ1) is 16.4. The van der Waals surface area contributed by atoms with E-state index in [0.29, 0.717) is 0 Å². The molecule has 0 aliphatic rings. The summed E-state index contributed by atoms with van der Waals surface area (Å²) in [5.74, 6) is 0.213. The van der Waals surface area contributed by atoms with E-state index in [1.54, 1.807) is 24.4 Å². The summed E-state index contributed by atoms with van der Waals surface area (Å²) < 4.78 is 0. The smallest absolute Gasteiger partial charge is 0.116 e. The molecule has 3 nitrogen and oxygen atoms in total. The minimum absolute atomic E-state index is 0.213. The summed E-state index contributed by atoms with van der Waals surface area (Å²) >= 11 is 6.01. The third-order valence-corrected chi connectivity index (χ3v) is 7.48. The Morgan fingerprint density at radius 1 is 0.833 bits per heavy atom. The lowest BCUT2D eigenvalue weighted by Gasteiger charge is -2.22. The third kappa shape index (κ3) is 3.73. The molecular weight excluding hydrogens is 335 g/mol. The molecule has 0 saturated heterocycles. The molecule has 0 radical (unpaired) electrons. The van der Waals surface area contributed by atoms with Gasteiger partial charge >= 0.3 is 0 Å². The van der Waals surface area contributed by atoms with E-state index >= 15 is 0 Å². The highest BCUT2D eigenvalue weighted by molar-refractivity contribution is 8.20. The van der Waals surface area contributed by atoms with Gasteiger partial charge in [-0.15, -0.1) is 0 Å². The Morgan fingerprint density at radius 3 is 1.96 bits per heavy atom. The highest BCUT2D eigenvalue weighted by Crippen LogP contribution is 2.38. The SMILES string of the molecule is Oc1cccc(/C=N\NP(=S)(c2ccccc2)c2ccccc2)c1. The Morgan fingerprint density at radius 2 is 1.42 bits per heavy atom. The molecule has 120 valence electrons. The number of benzene rings is 3. The molecule has 0 aromatic heterocycles. The lowest BCUT2D eigenvalue weighted by atomic mass is 10.2. The van der Waals surface area contributed by atoms with Gasteiger partial charge in [0, 0.05) is 10.6 Å². The monoisotopic (exact) mass is 352 g/mol. The molecule has 3 aromatic rings. The standard InChI is InChI=1S/C19H17N2OPS/c22-17-9-7-8-16(14-17)15-20-21-23(24,18-10-3-1-4-11-18)19-12-5-2-6-13-19/h1-15,22H,(H,21,24)/b20-15-. The molecule has 5 heteroatoms. The van der Waals surface area contributed by atoms with Gasteiger partial charge in [-0.1, -0.05) is 84.6 Å². The number of aromatic hydroxyl groups is 1. The first-order valence-corrected chi connectivity index (χ1v) is 10.3. The Labute approximate surface area is 146 Å². The summed E-state index contributed by atoms with van der Waals surface area (Å²) in [6.07, 6.45) is -0.577. The van der Waals surface area contributed by atoms with Crippen LogP contribution in [0.4, 0.5) is 0 Å². The molecule has 0 atom stereocenters. The number of nitrogens with zero attached hydrogens (tertiary/aromatic N) is 1. The summed E-state index contributed by atoms with van der Waals surface area (Å²) in [5, 5.41) is 19.2. The van der Waals surface area contributed by atoms with Crippen LogP contribution in [-0.2, 0) is 11.8 Å². The maximum absolute atomic E-state index is 9.53. The summed E-state index contributed by atoms with van der Waals surface area (Å²) in [7, 11) is 0. The van der Waals surface area contributed by atoms with Crippen molar-refractivity contribution in [2.75, 3.05) is 0 Å². The number of hydrazone groups is 1. The van der Waals surface area contributed by atoms with Crippen LogP contribution in [0.3, 0.4) is 0 Å². The number of rotatable bonds is 5. The minimum Gasteiger partial charge on any atom is -0.508 e. The summed E-state index contributed by atoms with van der Waals surface area (Å²) in [4.78, 5) is 0. The quantitative estimate of drug-likeness (QED) is 0.420. The van der Waals surface area contributed by atoms with E-state index in [-0.39, 0.29) is 5.75 Å². The molecule has 0 fully saturated rings. The van der Waals surface area contributed by atoms with Gasteiger partial charge in [0.05, 0.1) is 6.21 Å². The van der Waals surface area contributed by atoms with Crippen molar-refractivity contribution in [3.8, 4) is 5.75 Å². The van der Waals surface area contributed by atoms with Crippen molar-refractivity contribution in [2.24, 2.45) is 5.10 Å². The topological polar surface area (TPSA) is 44.6 Å². The maximum atomic E-state index is 9.53. The number of nitrogens with one attached hydrogen (secondary N) is 1. The van der Waals surface area contributed by atoms with Crippen molar-refractivity contribution < 1.29 is 5.11 Å². The van der Waals surface area contributed by atoms with E-state index in [0.717, 1.165) is 16.2 Å². The lowest BCUT2D eigenvalue weighted by Crippen LogP contribution is -2.24. The molecule has 0 aliphatic carbocycles. The molecule has 3 aromatic carbocycles. The van der Waals surface area contributed by atoms with Gasteiger partial charge in [0.25, 0.3) is 0 Å². The Kier molecular flexibility index (Phi) is 5.09. The van der Waals surface area contributed by atoms with Crippen LogP contribution in [0.1, 0.15) is 5.56 Å². The van der Waals surface area contributed by atoms with Crippen LogP contribution in [0.2, 0.25) is 0 Å². The molecule has 2 N–H and O–H groups in total. The molecule has 3 rings (SSSR count). The number of hydrogen-bond acceptors (Lipinski definition) is 3. The van der Waals surface area contributed by atoms with Crippen molar-refractivity contribution in [2.45, 2.75) is 0 Å². The molecular formula is C19H17N2OPS. The fourth-order valence-electron chi connectivity index (χ4n) is 2.33. The fraction of sp³-hybridized carbons (Fsp3) is 0. The predicted octanol–water partition coefficient (Wildman–Crippen LogP) is 3.36. The van der Waals surface area contributed by atoms with Crippen LogP contribution in [0.25, 0.3) is 0 Å². The molecule has 0 amide bonds. The minimum atomic E-state index is -2.25. The molecule has 0 saturated carbocycles. The summed E-state index contributed by atoms with van der Waals surface area (Å²) in [5.41, 5.74) is 0.810. The largest absolute Gasteiger partial charge is 0.508 e. The second-order valence-corrected chi connectivity index (χ2v) is 9.33. The van der Waals surface area contributed by atoms with Gasteiger partial charge < -0.3 is 5.11 Å². The average Bonchev–Trinajstić information content (AvgIpc) is 2.63. The normalized spacial score (nSPS) is 11.5. The third-order valence-electron chi connectivity index (χ3n) is 3.52. The Hall–Kier alpha value is -2.42. The molecule has 24 heavy (non-hydrogen) atoms. The van der Waals surface area contributed by atoms with Crippen molar-refractivity contribution in [3.05, 3.63) is 90.5 Å². The second-order valence-electron chi connectivity index (χ2n) is 5.23. The van der Waals surface area contributed by atoms with Gasteiger partial charge in [0.1, 0.15) is 11.9 Å². The number of hydrogen-bond donors (Lipinski definition) is 2. The van der Waals surface area contributed by atoms with Crippen LogP contribution in [-0.4, -0.2) is 11.3 Å². The van der Waals surface area contributed by atoms with E-state index in [9.17, 15) is 5.11 Å². The van der Waals surface area contributed by atoms with Crippen molar-refractivity contribution in [1.29, 1.82) is 0 Å². The molecule has 0 bridgehead atoms. The van der Waals surface area contributed by atoms with E-state index in [2.05, 4.69) is 10.3 Å². The number of phenols is 1. The molecule has 0 unspecified atom stereocenters. The highest BCUT2D eigenvalue weighted by atomic mass is 32.4. The predicted molar refractivity (Wildman–Crippen MR) is 105 cm³/mol. The summed E-state index contributed by atoms with van der Waals surface area (Å²) in [6, 6.07) is 27.0. The highest BCUT2D eigenvalue weighted by Gasteiger charge is 2.21. The van der Waals surface area contributed by atoms with Crippen LogP contribution >= 0.6 is 6.19 Å². The van der Waals surface area contributed by atoms with Gasteiger partial charge in [-0.25, -0.2) is 0 Å². The fourth-order valence-corrected chi connectivity index (χ4v) is 5.14. The van der Waals surface area contributed by atoms with Crippen molar-refractivity contribution >= 4 is 34.8 Å². The Bertz CT molecular complexity index is 839. The van der Waals surface area contributed by atoms with E-state index in [1.165, 1.54) is 0 Å². The zero-order valence-corrected chi connectivity index (χ0v) is 14.6. The average molecular weight is 352 g/mol. The summed E-state index contributed by atoms with van der Waals surface area (Å²) in [6.45, 7) is 0. The van der Waals surface area contributed by atoms with Gasteiger partial charge in [-0.05, 0) is 17.7 Å². The van der Waals surface area contributed by atoms with E-state index in [1.807, 2.05) is 66.7 Å². The maximum Gasteiger partial charge on any atom is 0.116 e. The first-order chi connectivity index (χ1) is 11.7. The second kappa shape index (κ2) is 7.43. The zero-order chi connectivity index (χ0) is 16.8. The number of phenolic OH excluding ortho intramolecular Hbond substituents is 1. The van der Waals surface area contributed by atoms with Gasteiger partial charge in [0.2, 0.25) is 0 Å². The van der Waals surface area contributed by atoms with E-state index in [4.69, 9.17) is 11.8 Å². The van der Waals surface area contributed by atoms with Crippen LogP contribution in [0.5, 0.6) is 5.75 Å². The zero-order valence-electron chi connectivity index (χ0n) is 12.9. The van der Waals surface area contributed by atoms with Crippen LogP contribution in [0, 0.1) is 0 Å². The molecule has 0 aliphatic heterocycles. The molecule has 0 heterocycles. The van der Waals surface area contributed by atoms with Crippen molar-refractivity contribution in [3.63, 3.8) is 0 Å². The van der Waals surface area contributed by atoms with Gasteiger partial charge in [-0.3, -0.25) is 5.20 Å². The van der Waals surface area contributed by atoms with Crippen LogP contribution < -0.4 is 15.8 Å². The first-order valence-electron chi connectivity index (χ1n) is 7.49. The van der Waals surface area contributed by atoms with Gasteiger partial charge in [-0.2, -0.15) is 5.10 Å². The van der Waals surface area contributed by atoms with E-state index < -0.39 is 6.19 Å².